The Morgan fingerprint density at radius 1 is 1.43 bits per heavy atom. The van der Waals surface area contributed by atoms with E-state index < -0.39 is 5.54 Å². The summed E-state index contributed by atoms with van der Waals surface area (Å²) in [7, 11) is 0. The van der Waals surface area contributed by atoms with E-state index in [1.54, 1.807) is 6.07 Å². The molecule has 0 aliphatic heterocycles. The zero-order chi connectivity index (χ0) is 10.3. The summed E-state index contributed by atoms with van der Waals surface area (Å²) in [5.74, 6) is -0.275. The van der Waals surface area contributed by atoms with Gasteiger partial charge in [-0.25, -0.2) is 4.39 Å². The Hall–Kier alpha value is -0.600. The third-order valence-corrected chi connectivity index (χ3v) is 3.44. The van der Waals surface area contributed by atoms with Crippen LogP contribution in [0.5, 0.6) is 0 Å². The van der Waals surface area contributed by atoms with E-state index in [1.165, 1.54) is 6.07 Å². The van der Waals surface area contributed by atoms with Crippen molar-refractivity contribution < 1.29 is 4.39 Å². The molecule has 1 aliphatic carbocycles. The first kappa shape index (κ1) is 9.94. The molecule has 14 heavy (non-hydrogen) atoms. The van der Waals surface area contributed by atoms with Gasteiger partial charge in [0.05, 0.1) is 0 Å². The van der Waals surface area contributed by atoms with Crippen LogP contribution >= 0.6 is 11.6 Å². The molecule has 1 aromatic rings. The summed E-state index contributed by atoms with van der Waals surface area (Å²) in [6.45, 7) is 1.87. The number of halogens is 2. The summed E-state index contributed by atoms with van der Waals surface area (Å²) in [6.07, 6.45) is 2.81. The highest BCUT2D eigenvalue weighted by Crippen LogP contribution is 2.40. The molecule has 2 N–H and O–H groups in total. The Bertz CT molecular complexity index is 372. The lowest BCUT2D eigenvalue weighted by molar-refractivity contribution is 0.245. The van der Waals surface area contributed by atoms with Crippen molar-refractivity contribution in [1.29, 1.82) is 0 Å². The standard InChI is InChI=1S/C11H13ClFN/c1-7-5-8(10(13)6-9(7)12)11(14)3-2-4-11/h5-6H,2-4,14H2,1H3. The Balaban J connectivity index is 2.48. The van der Waals surface area contributed by atoms with Crippen LogP contribution in [0.25, 0.3) is 0 Å². The van der Waals surface area contributed by atoms with Gasteiger partial charge in [-0.1, -0.05) is 11.6 Å². The lowest BCUT2D eigenvalue weighted by Crippen LogP contribution is -2.44. The second-order valence-electron chi connectivity index (χ2n) is 4.09. The van der Waals surface area contributed by atoms with E-state index in [2.05, 4.69) is 0 Å². The van der Waals surface area contributed by atoms with Crippen LogP contribution in [0.4, 0.5) is 4.39 Å². The monoisotopic (exact) mass is 213 g/mol. The third-order valence-electron chi connectivity index (χ3n) is 3.03. The summed E-state index contributed by atoms with van der Waals surface area (Å²) in [5.41, 5.74) is 7.12. The molecule has 1 aliphatic rings. The molecule has 3 heteroatoms. The maximum atomic E-state index is 13.6. The van der Waals surface area contributed by atoms with E-state index in [9.17, 15) is 4.39 Å². The van der Waals surface area contributed by atoms with Crippen molar-refractivity contribution in [2.24, 2.45) is 5.73 Å². The van der Waals surface area contributed by atoms with Crippen LogP contribution in [-0.2, 0) is 5.54 Å². The van der Waals surface area contributed by atoms with E-state index in [0.29, 0.717) is 10.6 Å². The van der Waals surface area contributed by atoms with Gasteiger partial charge in [0.2, 0.25) is 0 Å². The lowest BCUT2D eigenvalue weighted by Gasteiger charge is -2.39. The van der Waals surface area contributed by atoms with Crippen LogP contribution in [-0.4, -0.2) is 0 Å². The molecule has 0 atom stereocenters. The summed E-state index contributed by atoms with van der Waals surface area (Å²) in [6, 6.07) is 3.13. The van der Waals surface area contributed by atoms with Gasteiger partial charge in [-0.05, 0) is 43.9 Å². The van der Waals surface area contributed by atoms with E-state index >= 15 is 0 Å². The number of benzene rings is 1. The molecule has 0 amide bonds. The van der Waals surface area contributed by atoms with Crippen molar-refractivity contribution in [3.63, 3.8) is 0 Å². The molecule has 76 valence electrons. The average molecular weight is 214 g/mol. The molecule has 2 rings (SSSR count). The normalized spacial score (nSPS) is 19.1. The van der Waals surface area contributed by atoms with Crippen molar-refractivity contribution >= 4 is 11.6 Å². The van der Waals surface area contributed by atoms with Gasteiger partial charge in [0, 0.05) is 16.1 Å². The highest BCUT2D eigenvalue weighted by Gasteiger charge is 2.36. The lowest BCUT2D eigenvalue weighted by atomic mass is 9.72. The molecule has 0 unspecified atom stereocenters. The minimum atomic E-state index is -0.445. The largest absolute Gasteiger partial charge is 0.321 e. The van der Waals surface area contributed by atoms with Gasteiger partial charge in [-0.2, -0.15) is 0 Å². The van der Waals surface area contributed by atoms with Crippen LogP contribution < -0.4 is 5.73 Å². The molecule has 1 nitrogen and oxygen atoms in total. The van der Waals surface area contributed by atoms with Crippen molar-refractivity contribution in [1.82, 2.24) is 0 Å². The predicted octanol–water partition coefficient (Wildman–Crippen LogP) is 3.13. The zero-order valence-electron chi connectivity index (χ0n) is 8.11. The minimum Gasteiger partial charge on any atom is -0.321 e. The Labute approximate surface area is 88.1 Å². The molecule has 1 fully saturated rings. The van der Waals surface area contributed by atoms with E-state index in [4.69, 9.17) is 17.3 Å². The predicted molar refractivity (Wildman–Crippen MR) is 55.9 cm³/mol. The summed E-state index contributed by atoms with van der Waals surface area (Å²) in [5, 5.41) is 0.467. The van der Waals surface area contributed by atoms with Gasteiger partial charge in [0.15, 0.2) is 0 Å². The Morgan fingerprint density at radius 2 is 2.07 bits per heavy atom. The van der Waals surface area contributed by atoms with Gasteiger partial charge in [-0.3, -0.25) is 0 Å². The fraction of sp³-hybridized carbons (Fsp3) is 0.455. The SMILES string of the molecule is Cc1cc(C2(N)CCC2)c(F)cc1Cl. The van der Waals surface area contributed by atoms with Gasteiger partial charge < -0.3 is 5.73 Å². The van der Waals surface area contributed by atoms with Gasteiger partial charge >= 0.3 is 0 Å². The molecular weight excluding hydrogens is 201 g/mol. The maximum absolute atomic E-state index is 13.6. The molecule has 1 saturated carbocycles. The molecule has 1 aromatic carbocycles. The first-order valence-electron chi connectivity index (χ1n) is 4.78. The van der Waals surface area contributed by atoms with E-state index in [1.807, 2.05) is 6.92 Å². The van der Waals surface area contributed by atoms with Crippen molar-refractivity contribution in [2.75, 3.05) is 0 Å². The van der Waals surface area contributed by atoms with Crippen LogP contribution in [0.15, 0.2) is 12.1 Å². The highest BCUT2D eigenvalue weighted by atomic mass is 35.5. The van der Waals surface area contributed by atoms with Crippen LogP contribution in [0, 0.1) is 12.7 Å². The topological polar surface area (TPSA) is 26.0 Å². The van der Waals surface area contributed by atoms with Gasteiger partial charge in [0.25, 0.3) is 0 Å². The van der Waals surface area contributed by atoms with Crippen LogP contribution in [0.3, 0.4) is 0 Å². The number of rotatable bonds is 1. The van der Waals surface area contributed by atoms with E-state index in [0.717, 1.165) is 24.8 Å². The Kier molecular flexibility index (Phi) is 2.28. The molecule has 0 spiro atoms. The minimum absolute atomic E-state index is 0.275. The quantitative estimate of drug-likeness (QED) is 0.762. The van der Waals surface area contributed by atoms with Crippen molar-refractivity contribution in [2.45, 2.75) is 31.7 Å². The molecule has 0 saturated heterocycles. The van der Waals surface area contributed by atoms with Gasteiger partial charge in [0.1, 0.15) is 5.82 Å². The average Bonchev–Trinajstić information content (AvgIpc) is 2.07. The van der Waals surface area contributed by atoms with Crippen LogP contribution in [0.1, 0.15) is 30.4 Å². The van der Waals surface area contributed by atoms with Crippen molar-refractivity contribution in [3.8, 4) is 0 Å². The fourth-order valence-electron chi connectivity index (χ4n) is 1.87. The molecule has 0 heterocycles. The summed E-state index contributed by atoms with van der Waals surface area (Å²) < 4.78 is 13.6. The summed E-state index contributed by atoms with van der Waals surface area (Å²) in [4.78, 5) is 0. The van der Waals surface area contributed by atoms with Crippen molar-refractivity contribution in [3.05, 3.63) is 34.1 Å². The first-order valence-corrected chi connectivity index (χ1v) is 5.16. The number of aryl methyl sites for hydroxylation is 1. The molecular formula is C11H13ClFN. The number of hydrogen-bond acceptors (Lipinski definition) is 1. The maximum Gasteiger partial charge on any atom is 0.129 e. The number of nitrogens with two attached hydrogens (primary N) is 1. The highest BCUT2D eigenvalue weighted by molar-refractivity contribution is 6.31. The second-order valence-corrected chi connectivity index (χ2v) is 4.50. The summed E-state index contributed by atoms with van der Waals surface area (Å²) >= 11 is 5.82. The first-order chi connectivity index (χ1) is 6.53. The van der Waals surface area contributed by atoms with Gasteiger partial charge in [-0.15, -0.1) is 0 Å². The second kappa shape index (κ2) is 3.21. The molecule has 0 radical (unpaired) electrons. The van der Waals surface area contributed by atoms with Crippen LogP contribution in [0.2, 0.25) is 5.02 Å². The Morgan fingerprint density at radius 3 is 2.57 bits per heavy atom. The zero-order valence-corrected chi connectivity index (χ0v) is 8.87. The fourth-order valence-corrected chi connectivity index (χ4v) is 2.02. The third kappa shape index (κ3) is 1.43. The van der Waals surface area contributed by atoms with E-state index in [-0.39, 0.29) is 5.82 Å². The molecule has 0 bridgehead atoms. The molecule has 0 aromatic heterocycles. The smallest absolute Gasteiger partial charge is 0.129 e. The number of hydrogen-bond donors (Lipinski definition) is 1.